The van der Waals surface area contributed by atoms with Gasteiger partial charge in [-0.25, -0.2) is 4.79 Å². The molecule has 0 aliphatic heterocycles. The first-order valence-electron chi connectivity index (χ1n) is 5.67. The number of carbonyl (C=O) groups excluding carboxylic acids is 1. The van der Waals surface area contributed by atoms with Gasteiger partial charge in [0, 0.05) is 11.1 Å². The Kier molecular flexibility index (Phi) is 4.26. The summed E-state index contributed by atoms with van der Waals surface area (Å²) in [4.78, 5) is 22.0. The van der Waals surface area contributed by atoms with Crippen LogP contribution in [0.15, 0.2) is 34.7 Å². The van der Waals surface area contributed by atoms with Crippen LogP contribution < -0.4 is 0 Å². The molecule has 0 saturated carbocycles. The molecule has 1 aromatic carbocycles. The van der Waals surface area contributed by atoms with Crippen LogP contribution in [0.2, 0.25) is 5.02 Å². The van der Waals surface area contributed by atoms with Gasteiger partial charge in [0.25, 0.3) is 5.69 Å². The maximum atomic E-state index is 11.6. The fourth-order valence-corrected chi connectivity index (χ4v) is 1.80. The van der Waals surface area contributed by atoms with Crippen LogP contribution in [-0.4, -0.2) is 17.5 Å². The molecule has 0 unspecified atom stereocenters. The Bertz CT molecular complexity index is 744. The van der Waals surface area contributed by atoms with E-state index in [0.29, 0.717) is 0 Å². The molecule has 0 N–H and O–H groups in total. The number of halogens is 1. The van der Waals surface area contributed by atoms with Gasteiger partial charge in [0.05, 0.1) is 10.5 Å². The van der Waals surface area contributed by atoms with Gasteiger partial charge in [0.2, 0.25) is 5.76 Å². The number of ether oxygens (including phenoxy) is 1. The van der Waals surface area contributed by atoms with E-state index in [2.05, 4.69) is 5.92 Å². The predicted molar refractivity (Wildman–Crippen MR) is 74.9 cm³/mol. The van der Waals surface area contributed by atoms with Gasteiger partial charge in [0.1, 0.15) is 5.76 Å². The number of terminal acetylenes is 1. The van der Waals surface area contributed by atoms with Gasteiger partial charge in [0.15, 0.2) is 6.61 Å². The van der Waals surface area contributed by atoms with Gasteiger partial charge in [-0.15, -0.1) is 6.42 Å². The van der Waals surface area contributed by atoms with E-state index < -0.39 is 10.9 Å². The number of esters is 1. The van der Waals surface area contributed by atoms with Gasteiger partial charge in [-0.1, -0.05) is 17.5 Å². The molecule has 0 radical (unpaired) electrons. The molecule has 0 fully saturated rings. The minimum Gasteiger partial charge on any atom is -0.449 e. The first kappa shape index (κ1) is 14.6. The summed E-state index contributed by atoms with van der Waals surface area (Å²) < 4.78 is 9.97. The predicted octanol–water partition coefficient (Wildman–Crippen LogP) is 3.30. The molecule has 106 valence electrons. The van der Waals surface area contributed by atoms with Crippen LogP contribution in [0.1, 0.15) is 10.6 Å². The molecule has 0 saturated heterocycles. The van der Waals surface area contributed by atoms with E-state index >= 15 is 0 Å². The second-order valence-corrected chi connectivity index (χ2v) is 4.30. The molecule has 2 aromatic rings. The average molecular weight is 306 g/mol. The molecular weight excluding hydrogens is 298 g/mol. The molecule has 0 aliphatic carbocycles. The third kappa shape index (κ3) is 3.22. The summed E-state index contributed by atoms with van der Waals surface area (Å²) in [6.45, 7) is -0.185. The summed E-state index contributed by atoms with van der Waals surface area (Å²) in [5.41, 5.74) is -0.0132. The molecule has 0 spiro atoms. The quantitative estimate of drug-likeness (QED) is 0.374. The van der Waals surface area contributed by atoms with Crippen LogP contribution in [-0.2, 0) is 4.74 Å². The second-order valence-electron chi connectivity index (χ2n) is 3.86. The van der Waals surface area contributed by atoms with Crippen LogP contribution in [0.5, 0.6) is 0 Å². The van der Waals surface area contributed by atoms with E-state index in [1.54, 1.807) is 0 Å². The van der Waals surface area contributed by atoms with Crippen molar-refractivity contribution in [2.75, 3.05) is 6.61 Å². The number of rotatable bonds is 4. The molecule has 2 rings (SSSR count). The molecule has 1 heterocycles. The van der Waals surface area contributed by atoms with Crippen molar-refractivity contribution >= 4 is 23.3 Å². The van der Waals surface area contributed by atoms with Crippen molar-refractivity contribution in [3.05, 3.63) is 51.2 Å². The van der Waals surface area contributed by atoms with Gasteiger partial charge >= 0.3 is 5.97 Å². The summed E-state index contributed by atoms with van der Waals surface area (Å²) in [6, 6.07) is 6.92. The van der Waals surface area contributed by atoms with E-state index in [4.69, 9.17) is 27.2 Å². The molecule has 0 bridgehead atoms. The molecular formula is C14H8ClNO5. The smallest absolute Gasteiger partial charge is 0.375 e. The van der Waals surface area contributed by atoms with Crippen molar-refractivity contribution in [2.45, 2.75) is 0 Å². The largest absolute Gasteiger partial charge is 0.449 e. The van der Waals surface area contributed by atoms with Gasteiger partial charge in [-0.05, 0) is 24.3 Å². The Morgan fingerprint density at radius 1 is 1.43 bits per heavy atom. The number of hydrogen-bond donors (Lipinski definition) is 0. The maximum Gasteiger partial charge on any atom is 0.375 e. The van der Waals surface area contributed by atoms with Gasteiger partial charge in [-0.3, -0.25) is 10.1 Å². The summed E-state index contributed by atoms with van der Waals surface area (Å²) in [7, 11) is 0. The minimum absolute atomic E-state index is 0.0931. The Balaban J connectivity index is 2.36. The van der Waals surface area contributed by atoms with E-state index in [1.165, 1.54) is 30.3 Å². The monoisotopic (exact) mass is 305 g/mol. The SMILES string of the molecule is C#CCOC(=O)c1ccc(-c2ccc(Cl)cc2[N+](=O)[O-])o1. The highest BCUT2D eigenvalue weighted by Crippen LogP contribution is 2.33. The molecule has 1 aromatic heterocycles. The Labute approximate surface area is 124 Å². The van der Waals surface area contributed by atoms with Crippen molar-refractivity contribution in [2.24, 2.45) is 0 Å². The normalized spacial score (nSPS) is 9.90. The highest BCUT2D eigenvalue weighted by atomic mass is 35.5. The number of nitro benzene ring substituents is 1. The van der Waals surface area contributed by atoms with Crippen molar-refractivity contribution in [3.8, 4) is 23.7 Å². The lowest BCUT2D eigenvalue weighted by atomic mass is 10.1. The van der Waals surface area contributed by atoms with E-state index in [1.807, 2.05) is 0 Å². The van der Waals surface area contributed by atoms with E-state index in [9.17, 15) is 14.9 Å². The fraction of sp³-hybridized carbons (Fsp3) is 0.0714. The Morgan fingerprint density at radius 3 is 2.86 bits per heavy atom. The zero-order valence-electron chi connectivity index (χ0n) is 10.5. The zero-order chi connectivity index (χ0) is 15.4. The highest BCUT2D eigenvalue weighted by Gasteiger charge is 2.20. The van der Waals surface area contributed by atoms with Crippen LogP contribution in [0.3, 0.4) is 0 Å². The zero-order valence-corrected chi connectivity index (χ0v) is 11.3. The number of hydrogen-bond acceptors (Lipinski definition) is 5. The second kappa shape index (κ2) is 6.11. The van der Waals surface area contributed by atoms with Gasteiger partial charge in [-0.2, -0.15) is 0 Å². The van der Waals surface area contributed by atoms with Crippen molar-refractivity contribution in [1.29, 1.82) is 0 Å². The minimum atomic E-state index is -0.740. The topological polar surface area (TPSA) is 82.6 Å². The number of furan rings is 1. The lowest BCUT2D eigenvalue weighted by molar-refractivity contribution is -0.384. The summed E-state index contributed by atoms with van der Waals surface area (Å²) in [6.07, 6.45) is 4.97. The Morgan fingerprint density at radius 2 is 2.19 bits per heavy atom. The first-order chi connectivity index (χ1) is 10.0. The fourth-order valence-electron chi connectivity index (χ4n) is 1.63. The van der Waals surface area contributed by atoms with Crippen LogP contribution in [0.4, 0.5) is 5.69 Å². The molecule has 0 amide bonds. The average Bonchev–Trinajstić information content (AvgIpc) is 2.94. The third-order valence-corrected chi connectivity index (χ3v) is 2.75. The maximum absolute atomic E-state index is 11.6. The van der Waals surface area contributed by atoms with E-state index in [-0.39, 0.29) is 34.4 Å². The first-order valence-corrected chi connectivity index (χ1v) is 6.05. The number of nitro groups is 1. The molecule has 0 aliphatic rings. The van der Waals surface area contributed by atoms with Crippen LogP contribution in [0, 0.1) is 22.5 Å². The number of benzene rings is 1. The van der Waals surface area contributed by atoms with Crippen LogP contribution >= 0.6 is 11.6 Å². The van der Waals surface area contributed by atoms with Crippen LogP contribution in [0.25, 0.3) is 11.3 Å². The Hall–Kier alpha value is -2.78. The number of carbonyl (C=O) groups is 1. The molecule has 7 heteroatoms. The number of nitrogens with zero attached hydrogens (tertiary/aromatic N) is 1. The molecule has 6 nitrogen and oxygen atoms in total. The van der Waals surface area contributed by atoms with Crippen molar-refractivity contribution in [3.63, 3.8) is 0 Å². The van der Waals surface area contributed by atoms with Crippen molar-refractivity contribution in [1.82, 2.24) is 0 Å². The standard InChI is InChI=1S/C14H8ClNO5/c1-2-7-20-14(17)13-6-5-12(21-13)10-4-3-9(15)8-11(10)16(18)19/h1,3-6,8H,7H2. The molecule has 21 heavy (non-hydrogen) atoms. The van der Waals surface area contributed by atoms with Crippen molar-refractivity contribution < 1.29 is 18.9 Å². The summed E-state index contributed by atoms with van der Waals surface area (Å²) in [5.74, 6) is 1.47. The van der Waals surface area contributed by atoms with Gasteiger partial charge < -0.3 is 9.15 Å². The molecule has 0 atom stereocenters. The summed E-state index contributed by atoms with van der Waals surface area (Å²) >= 11 is 5.73. The lowest BCUT2D eigenvalue weighted by Gasteiger charge is -2.01. The third-order valence-electron chi connectivity index (χ3n) is 2.52. The van der Waals surface area contributed by atoms with E-state index in [0.717, 1.165) is 0 Å². The highest BCUT2D eigenvalue weighted by molar-refractivity contribution is 6.30. The lowest BCUT2D eigenvalue weighted by Crippen LogP contribution is -2.03. The summed E-state index contributed by atoms with van der Waals surface area (Å²) in [5, 5.41) is 11.2.